The van der Waals surface area contributed by atoms with E-state index >= 15 is 0 Å². The molecule has 1 aliphatic rings. The van der Waals surface area contributed by atoms with Crippen LogP contribution in [0, 0.1) is 13.8 Å². The molecule has 0 spiro atoms. The summed E-state index contributed by atoms with van der Waals surface area (Å²) >= 11 is 0. The maximum atomic E-state index is 4.51. The Hall–Kier alpha value is -2.47. The summed E-state index contributed by atoms with van der Waals surface area (Å²) in [6.07, 6.45) is 6.03. The quantitative estimate of drug-likeness (QED) is 0.698. The van der Waals surface area contributed by atoms with Crippen LogP contribution in [0.3, 0.4) is 0 Å². The second-order valence-electron chi connectivity index (χ2n) is 7.72. The lowest BCUT2D eigenvalue weighted by Gasteiger charge is -2.32. The van der Waals surface area contributed by atoms with Crippen LogP contribution in [-0.2, 0) is 20.1 Å². The van der Waals surface area contributed by atoms with Crippen molar-refractivity contribution in [2.24, 2.45) is 7.05 Å². The molecule has 2 aromatic heterocycles. The fraction of sp³-hybridized carbons (Fsp3) is 0.476. The van der Waals surface area contributed by atoms with Crippen LogP contribution in [0.15, 0.2) is 36.7 Å². The third-order valence-corrected chi connectivity index (χ3v) is 5.71. The third kappa shape index (κ3) is 3.95. The molecular formula is C21H28N6. The van der Waals surface area contributed by atoms with Gasteiger partial charge in [-0.2, -0.15) is 5.10 Å². The van der Waals surface area contributed by atoms with Gasteiger partial charge in [0.1, 0.15) is 12.4 Å². The molecule has 6 heteroatoms. The number of piperidine rings is 1. The highest BCUT2D eigenvalue weighted by Gasteiger charge is 2.25. The number of rotatable bonds is 5. The largest absolute Gasteiger partial charge is 0.316 e. The summed E-state index contributed by atoms with van der Waals surface area (Å²) in [5, 5.41) is 13.2. The van der Waals surface area contributed by atoms with Crippen molar-refractivity contribution in [1.82, 2.24) is 29.4 Å². The zero-order valence-electron chi connectivity index (χ0n) is 16.5. The molecule has 1 aliphatic heterocycles. The van der Waals surface area contributed by atoms with Gasteiger partial charge in [-0.05, 0) is 57.0 Å². The highest BCUT2D eigenvalue weighted by Crippen LogP contribution is 2.28. The maximum Gasteiger partial charge on any atom is 0.154 e. The van der Waals surface area contributed by atoms with Crippen molar-refractivity contribution in [2.75, 3.05) is 13.1 Å². The van der Waals surface area contributed by atoms with Gasteiger partial charge in [-0.25, -0.2) is 0 Å². The molecular weight excluding hydrogens is 336 g/mol. The van der Waals surface area contributed by atoms with Crippen LogP contribution >= 0.6 is 0 Å². The molecule has 27 heavy (non-hydrogen) atoms. The minimum atomic E-state index is 0.490. The van der Waals surface area contributed by atoms with Gasteiger partial charge < -0.3 is 4.57 Å². The average Bonchev–Trinajstić information content (AvgIpc) is 3.30. The predicted molar refractivity (Wildman–Crippen MR) is 106 cm³/mol. The van der Waals surface area contributed by atoms with Gasteiger partial charge in [-0.1, -0.05) is 23.8 Å². The summed E-state index contributed by atoms with van der Waals surface area (Å²) in [5.74, 6) is 2.57. The number of hydrogen-bond acceptors (Lipinski definition) is 4. The lowest BCUT2D eigenvalue weighted by Crippen LogP contribution is -2.33. The number of likely N-dealkylation sites (tertiary alicyclic amines) is 1. The van der Waals surface area contributed by atoms with Crippen molar-refractivity contribution >= 4 is 0 Å². The molecule has 142 valence electrons. The average molecular weight is 364 g/mol. The molecule has 3 heterocycles. The van der Waals surface area contributed by atoms with Gasteiger partial charge in [0.05, 0.1) is 0 Å². The summed E-state index contributed by atoms with van der Waals surface area (Å²) in [4.78, 5) is 2.57. The highest BCUT2D eigenvalue weighted by atomic mass is 15.3. The number of aromatic nitrogens is 5. The van der Waals surface area contributed by atoms with Gasteiger partial charge >= 0.3 is 0 Å². The van der Waals surface area contributed by atoms with Gasteiger partial charge in [0.15, 0.2) is 5.82 Å². The second-order valence-corrected chi connectivity index (χ2v) is 7.72. The van der Waals surface area contributed by atoms with E-state index in [1.165, 1.54) is 16.7 Å². The lowest BCUT2D eigenvalue weighted by molar-refractivity contribution is 0.200. The second kappa shape index (κ2) is 7.64. The molecule has 0 aliphatic carbocycles. The Labute approximate surface area is 160 Å². The van der Waals surface area contributed by atoms with E-state index in [2.05, 4.69) is 63.9 Å². The monoisotopic (exact) mass is 364 g/mol. The third-order valence-electron chi connectivity index (χ3n) is 5.71. The van der Waals surface area contributed by atoms with Gasteiger partial charge in [-0.3, -0.25) is 9.58 Å². The van der Waals surface area contributed by atoms with Crippen LogP contribution in [0.2, 0.25) is 0 Å². The number of benzene rings is 1. The number of hydrogen-bond donors (Lipinski definition) is 0. The van der Waals surface area contributed by atoms with E-state index in [1.807, 2.05) is 16.9 Å². The molecule has 1 saturated heterocycles. The normalized spacial score (nSPS) is 16.1. The molecule has 4 rings (SSSR count). The van der Waals surface area contributed by atoms with Crippen LogP contribution in [0.5, 0.6) is 0 Å². The summed E-state index contributed by atoms with van der Waals surface area (Å²) in [6.45, 7) is 8.32. The van der Waals surface area contributed by atoms with E-state index in [4.69, 9.17) is 0 Å². The maximum absolute atomic E-state index is 4.51. The van der Waals surface area contributed by atoms with Gasteiger partial charge in [0, 0.05) is 31.9 Å². The topological polar surface area (TPSA) is 51.8 Å². The summed E-state index contributed by atoms with van der Waals surface area (Å²) in [5.41, 5.74) is 4.18. The highest BCUT2D eigenvalue weighted by molar-refractivity contribution is 5.30. The van der Waals surface area contributed by atoms with E-state index in [1.54, 1.807) is 6.20 Å². The first-order valence-corrected chi connectivity index (χ1v) is 9.74. The minimum Gasteiger partial charge on any atom is -0.316 e. The Morgan fingerprint density at radius 1 is 1.07 bits per heavy atom. The van der Waals surface area contributed by atoms with Crippen LogP contribution in [0.1, 0.15) is 47.1 Å². The Morgan fingerprint density at radius 3 is 2.63 bits per heavy atom. The van der Waals surface area contributed by atoms with Crippen molar-refractivity contribution in [3.05, 3.63) is 65.0 Å². The van der Waals surface area contributed by atoms with E-state index < -0.39 is 0 Å². The smallest absolute Gasteiger partial charge is 0.154 e. The number of aryl methyl sites for hydroxylation is 2. The Morgan fingerprint density at radius 2 is 1.89 bits per heavy atom. The van der Waals surface area contributed by atoms with Crippen LogP contribution in [0.25, 0.3) is 0 Å². The predicted octanol–water partition coefficient (Wildman–Crippen LogP) is 3.06. The first-order chi connectivity index (χ1) is 13.1. The molecule has 0 saturated carbocycles. The molecule has 0 unspecified atom stereocenters. The van der Waals surface area contributed by atoms with Crippen molar-refractivity contribution in [2.45, 2.75) is 45.7 Å². The van der Waals surface area contributed by atoms with Crippen molar-refractivity contribution < 1.29 is 0 Å². The van der Waals surface area contributed by atoms with Crippen LogP contribution in [0.4, 0.5) is 0 Å². The van der Waals surface area contributed by atoms with Gasteiger partial charge in [0.25, 0.3) is 0 Å². The number of nitrogens with zero attached hydrogens (tertiary/aromatic N) is 6. The van der Waals surface area contributed by atoms with Crippen molar-refractivity contribution in [3.63, 3.8) is 0 Å². The first-order valence-electron chi connectivity index (χ1n) is 9.74. The Balaban J connectivity index is 1.38. The molecule has 1 aromatic carbocycles. The first kappa shape index (κ1) is 17.9. The molecule has 1 fully saturated rings. The molecule has 3 aromatic rings. The minimum absolute atomic E-state index is 0.490. The molecule has 0 radical (unpaired) electrons. The molecule has 0 atom stereocenters. The zero-order chi connectivity index (χ0) is 18.8. The van der Waals surface area contributed by atoms with Crippen LogP contribution < -0.4 is 0 Å². The lowest BCUT2D eigenvalue weighted by atomic mass is 9.95. The Bertz CT molecular complexity index is 888. The fourth-order valence-corrected chi connectivity index (χ4v) is 3.97. The molecule has 0 amide bonds. The molecule has 0 N–H and O–H groups in total. The van der Waals surface area contributed by atoms with Crippen molar-refractivity contribution in [1.29, 1.82) is 0 Å². The van der Waals surface area contributed by atoms with Crippen LogP contribution in [-0.4, -0.2) is 42.5 Å². The fourth-order valence-electron chi connectivity index (χ4n) is 3.97. The van der Waals surface area contributed by atoms with Gasteiger partial charge in [0.2, 0.25) is 0 Å². The zero-order valence-corrected chi connectivity index (χ0v) is 16.5. The summed E-state index contributed by atoms with van der Waals surface area (Å²) in [6, 6.07) is 8.69. The Kier molecular flexibility index (Phi) is 5.07. The van der Waals surface area contributed by atoms with E-state index in [9.17, 15) is 0 Å². The van der Waals surface area contributed by atoms with Gasteiger partial charge in [-0.15, -0.1) is 10.2 Å². The van der Waals surface area contributed by atoms with E-state index in [0.717, 1.165) is 44.1 Å². The van der Waals surface area contributed by atoms with E-state index in [-0.39, 0.29) is 0 Å². The molecule has 6 nitrogen and oxygen atoms in total. The molecule has 0 bridgehead atoms. The summed E-state index contributed by atoms with van der Waals surface area (Å²) < 4.78 is 4.05. The summed E-state index contributed by atoms with van der Waals surface area (Å²) in [7, 11) is 2.08. The SMILES string of the molecule is Cc1ccc(C)c(CN2CCC(c3nnc(Cn4cccn4)n3C)CC2)c1. The van der Waals surface area contributed by atoms with Crippen molar-refractivity contribution in [3.8, 4) is 0 Å². The standard InChI is InChI=1S/C21H28N6/c1-16-5-6-17(2)19(13-16)14-26-11-7-18(8-12-26)21-24-23-20(25(21)3)15-27-10-4-9-22-27/h4-6,9-10,13,18H,7-8,11-12,14-15H2,1-3H3. The van der Waals surface area contributed by atoms with E-state index in [0.29, 0.717) is 12.5 Å².